The van der Waals surface area contributed by atoms with Crippen molar-refractivity contribution in [1.29, 1.82) is 0 Å². The van der Waals surface area contributed by atoms with Crippen molar-refractivity contribution in [2.24, 2.45) is 0 Å². The van der Waals surface area contributed by atoms with E-state index in [2.05, 4.69) is 5.43 Å². The molecule has 1 N–H and O–H groups in total. The van der Waals surface area contributed by atoms with Crippen LogP contribution in [-0.4, -0.2) is 24.9 Å². The van der Waals surface area contributed by atoms with Gasteiger partial charge in [0, 0.05) is 25.3 Å². The molecule has 0 bridgehead atoms. The Morgan fingerprint density at radius 2 is 1.71 bits per heavy atom. The Balaban J connectivity index is 0.00000169. The van der Waals surface area contributed by atoms with E-state index < -0.39 is 0 Å². The van der Waals surface area contributed by atoms with E-state index in [1.807, 2.05) is 43.4 Å². The molecule has 0 saturated heterocycles. The fourth-order valence-corrected chi connectivity index (χ4v) is 1.04. The molecule has 1 aromatic rings. The van der Waals surface area contributed by atoms with Crippen molar-refractivity contribution in [3.8, 4) is 0 Å². The molecule has 0 aromatic heterocycles. The van der Waals surface area contributed by atoms with Crippen molar-refractivity contribution in [1.82, 2.24) is 5.01 Å². The van der Waals surface area contributed by atoms with E-state index in [0.717, 1.165) is 11.3 Å². The van der Waals surface area contributed by atoms with Crippen LogP contribution in [0.1, 0.15) is 17.3 Å². The fraction of sp³-hybridized carbons (Fsp3) is 0.300. The number of nitrogens with zero attached hydrogens (tertiary/aromatic N) is 1. The molecule has 0 unspecified atom stereocenters. The average molecular weight is 215 g/mol. The Kier molecular flexibility index (Phi) is 5.20. The van der Waals surface area contributed by atoms with Gasteiger partial charge in [0.05, 0.1) is 0 Å². The van der Waals surface area contributed by atoms with Gasteiger partial charge in [-0.05, 0) is 31.2 Å². The molecule has 0 radical (unpaired) electrons. The summed E-state index contributed by atoms with van der Waals surface area (Å²) in [5.41, 5.74) is 4.81. The SMILES string of the molecule is CC(=O)c1ccc(NN(C)C)cc1.Cl. The van der Waals surface area contributed by atoms with Gasteiger partial charge in [-0.2, -0.15) is 0 Å². The summed E-state index contributed by atoms with van der Waals surface area (Å²) < 4.78 is 0. The molecule has 0 heterocycles. The standard InChI is InChI=1S/C10H14N2O.ClH/c1-8(13)9-4-6-10(7-5-9)11-12(2)3;/h4-7,11H,1-3H3;1H. The lowest BCUT2D eigenvalue weighted by atomic mass is 10.1. The maximum absolute atomic E-state index is 10.9. The zero-order valence-corrected chi connectivity index (χ0v) is 9.39. The highest BCUT2D eigenvalue weighted by atomic mass is 35.5. The van der Waals surface area contributed by atoms with Crippen LogP contribution in [0.25, 0.3) is 0 Å². The number of halogens is 1. The van der Waals surface area contributed by atoms with Gasteiger partial charge in [-0.15, -0.1) is 12.4 Å². The summed E-state index contributed by atoms with van der Waals surface area (Å²) >= 11 is 0. The van der Waals surface area contributed by atoms with Crippen LogP contribution in [0.5, 0.6) is 0 Å². The van der Waals surface area contributed by atoms with E-state index in [0.29, 0.717) is 0 Å². The molecule has 0 aliphatic heterocycles. The predicted molar refractivity (Wildman–Crippen MR) is 61.0 cm³/mol. The molecule has 0 aliphatic carbocycles. The molecule has 0 amide bonds. The number of nitrogens with one attached hydrogen (secondary N) is 1. The van der Waals surface area contributed by atoms with Crippen molar-refractivity contribution in [3.05, 3.63) is 29.8 Å². The van der Waals surface area contributed by atoms with Crippen LogP contribution in [0, 0.1) is 0 Å². The van der Waals surface area contributed by atoms with Crippen LogP contribution in [-0.2, 0) is 0 Å². The zero-order valence-electron chi connectivity index (χ0n) is 8.57. The zero-order chi connectivity index (χ0) is 9.84. The summed E-state index contributed by atoms with van der Waals surface area (Å²) in [5, 5.41) is 1.85. The first-order valence-corrected chi connectivity index (χ1v) is 4.14. The Hall–Kier alpha value is -1.06. The molecule has 78 valence electrons. The second kappa shape index (κ2) is 5.62. The van der Waals surface area contributed by atoms with Crippen LogP contribution in [0.4, 0.5) is 5.69 Å². The Labute approximate surface area is 90.5 Å². The van der Waals surface area contributed by atoms with E-state index in [4.69, 9.17) is 0 Å². The molecular weight excluding hydrogens is 200 g/mol. The number of ketones is 1. The Morgan fingerprint density at radius 3 is 2.07 bits per heavy atom. The summed E-state index contributed by atoms with van der Waals surface area (Å²) in [6, 6.07) is 7.40. The molecular formula is C10H15ClN2O. The molecule has 0 aliphatic rings. The van der Waals surface area contributed by atoms with Gasteiger partial charge in [-0.3, -0.25) is 4.79 Å². The first kappa shape index (κ1) is 12.9. The van der Waals surface area contributed by atoms with Gasteiger partial charge in [0.2, 0.25) is 0 Å². The van der Waals surface area contributed by atoms with Crippen LogP contribution in [0.15, 0.2) is 24.3 Å². The first-order chi connectivity index (χ1) is 6.09. The molecule has 0 fully saturated rings. The van der Waals surface area contributed by atoms with Gasteiger partial charge in [0.1, 0.15) is 0 Å². The predicted octanol–water partition coefficient (Wildman–Crippen LogP) is 2.20. The summed E-state index contributed by atoms with van der Waals surface area (Å²) in [5.74, 6) is 0.0939. The largest absolute Gasteiger partial charge is 0.319 e. The van der Waals surface area contributed by atoms with Crippen LogP contribution in [0.3, 0.4) is 0 Å². The second-order valence-corrected chi connectivity index (χ2v) is 3.14. The lowest BCUT2D eigenvalue weighted by molar-refractivity contribution is 0.101. The molecule has 1 aromatic carbocycles. The van der Waals surface area contributed by atoms with E-state index in [1.54, 1.807) is 6.92 Å². The minimum atomic E-state index is 0. The molecule has 0 spiro atoms. The van der Waals surface area contributed by atoms with Crippen molar-refractivity contribution >= 4 is 23.9 Å². The second-order valence-electron chi connectivity index (χ2n) is 3.14. The third kappa shape index (κ3) is 3.77. The topological polar surface area (TPSA) is 32.3 Å². The number of anilines is 1. The molecule has 4 heteroatoms. The number of benzene rings is 1. The lowest BCUT2D eigenvalue weighted by Gasteiger charge is -2.13. The van der Waals surface area contributed by atoms with Crippen molar-refractivity contribution in [3.63, 3.8) is 0 Å². The van der Waals surface area contributed by atoms with Gasteiger partial charge in [0.25, 0.3) is 0 Å². The summed E-state index contributed by atoms with van der Waals surface area (Å²) in [6.45, 7) is 1.56. The monoisotopic (exact) mass is 214 g/mol. The number of Topliss-reactive ketones (excluding diaryl/α,β-unsaturated/α-hetero) is 1. The van der Waals surface area contributed by atoms with Gasteiger partial charge in [-0.1, -0.05) is 0 Å². The van der Waals surface area contributed by atoms with Crippen LogP contribution in [0.2, 0.25) is 0 Å². The number of carbonyl (C=O) groups is 1. The number of rotatable bonds is 3. The molecule has 0 saturated carbocycles. The molecule has 3 nitrogen and oxygen atoms in total. The highest BCUT2D eigenvalue weighted by molar-refractivity contribution is 5.94. The first-order valence-electron chi connectivity index (χ1n) is 4.14. The third-order valence-corrected chi connectivity index (χ3v) is 1.64. The number of hydrogen-bond donors (Lipinski definition) is 1. The summed E-state index contributed by atoms with van der Waals surface area (Å²) in [6.07, 6.45) is 0. The fourth-order valence-electron chi connectivity index (χ4n) is 1.04. The van der Waals surface area contributed by atoms with Crippen LogP contribution < -0.4 is 5.43 Å². The smallest absolute Gasteiger partial charge is 0.159 e. The quantitative estimate of drug-likeness (QED) is 0.619. The van der Waals surface area contributed by atoms with E-state index in [-0.39, 0.29) is 18.2 Å². The highest BCUT2D eigenvalue weighted by Crippen LogP contribution is 2.09. The molecule has 0 atom stereocenters. The minimum Gasteiger partial charge on any atom is -0.319 e. The number of hydrogen-bond acceptors (Lipinski definition) is 3. The van der Waals surface area contributed by atoms with Gasteiger partial charge >= 0.3 is 0 Å². The minimum absolute atomic E-state index is 0. The van der Waals surface area contributed by atoms with Gasteiger partial charge in [0.15, 0.2) is 5.78 Å². The summed E-state index contributed by atoms with van der Waals surface area (Å²) in [7, 11) is 3.83. The summed E-state index contributed by atoms with van der Waals surface area (Å²) in [4.78, 5) is 10.9. The maximum atomic E-state index is 10.9. The van der Waals surface area contributed by atoms with Crippen molar-refractivity contribution in [2.45, 2.75) is 6.92 Å². The number of hydrazine groups is 1. The lowest BCUT2D eigenvalue weighted by Crippen LogP contribution is -2.19. The molecule has 1 rings (SSSR count). The van der Waals surface area contributed by atoms with E-state index >= 15 is 0 Å². The van der Waals surface area contributed by atoms with Gasteiger partial charge < -0.3 is 5.43 Å². The third-order valence-electron chi connectivity index (χ3n) is 1.64. The van der Waals surface area contributed by atoms with E-state index in [9.17, 15) is 4.79 Å². The maximum Gasteiger partial charge on any atom is 0.159 e. The number of carbonyl (C=O) groups excluding carboxylic acids is 1. The normalized spacial score (nSPS) is 9.43. The van der Waals surface area contributed by atoms with Gasteiger partial charge in [-0.25, -0.2) is 5.01 Å². The Bertz CT molecular complexity index is 295. The Morgan fingerprint density at radius 1 is 1.21 bits per heavy atom. The van der Waals surface area contributed by atoms with Crippen molar-refractivity contribution in [2.75, 3.05) is 19.5 Å². The van der Waals surface area contributed by atoms with Crippen molar-refractivity contribution < 1.29 is 4.79 Å². The molecule has 14 heavy (non-hydrogen) atoms. The van der Waals surface area contributed by atoms with E-state index in [1.165, 1.54) is 0 Å². The van der Waals surface area contributed by atoms with Crippen LogP contribution >= 0.6 is 12.4 Å². The highest BCUT2D eigenvalue weighted by Gasteiger charge is 1.98. The average Bonchev–Trinajstić information content (AvgIpc) is 2.04.